The number of thiophene rings is 1. The number of carbonyl (C=O) groups is 1. The Kier molecular flexibility index (Phi) is 1.97. The van der Waals surface area contributed by atoms with E-state index in [-0.39, 0.29) is 0 Å². The number of fused-ring (bicyclic) bond motifs is 4. The highest BCUT2D eigenvalue weighted by molar-refractivity contribution is 7.16. The summed E-state index contributed by atoms with van der Waals surface area (Å²) in [5.41, 5.74) is 1.87. The SMILES string of the molecule is O=C(O)c1c2ccsc2nc2[nH]c3ccccc3c12. The summed E-state index contributed by atoms with van der Waals surface area (Å²) in [4.78, 5) is 20.1. The minimum Gasteiger partial charge on any atom is -0.478 e. The summed E-state index contributed by atoms with van der Waals surface area (Å²) >= 11 is 1.45. The first kappa shape index (κ1) is 10.5. The minimum atomic E-state index is -0.916. The Balaban J connectivity index is 2.37. The molecule has 0 radical (unpaired) electrons. The molecule has 19 heavy (non-hydrogen) atoms. The number of aromatic carboxylic acids is 1. The molecule has 92 valence electrons. The summed E-state index contributed by atoms with van der Waals surface area (Å²) in [6.45, 7) is 0. The molecule has 0 unspecified atom stereocenters. The number of para-hydroxylation sites is 1. The molecule has 1 aromatic carbocycles. The number of H-pyrrole nitrogens is 1. The molecule has 4 rings (SSSR count). The predicted molar refractivity (Wildman–Crippen MR) is 75.9 cm³/mol. The van der Waals surface area contributed by atoms with Crippen LogP contribution in [0.5, 0.6) is 0 Å². The fourth-order valence-corrected chi connectivity index (χ4v) is 3.28. The summed E-state index contributed by atoms with van der Waals surface area (Å²) in [5, 5.41) is 13.7. The van der Waals surface area contributed by atoms with Crippen LogP contribution < -0.4 is 0 Å². The monoisotopic (exact) mass is 268 g/mol. The van der Waals surface area contributed by atoms with Crippen molar-refractivity contribution in [1.29, 1.82) is 0 Å². The van der Waals surface area contributed by atoms with Crippen molar-refractivity contribution in [1.82, 2.24) is 9.97 Å². The van der Waals surface area contributed by atoms with Crippen LogP contribution in [-0.2, 0) is 0 Å². The second kappa shape index (κ2) is 3.55. The number of hydrogen-bond donors (Lipinski definition) is 2. The van der Waals surface area contributed by atoms with Crippen molar-refractivity contribution in [2.75, 3.05) is 0 Å². The van der Waals surface area contributed by atoms with Gasteiger partial charge in [-0.2, -0.15) is 0 Å². The number of nitrogens with zero attached hydrogens (tertiary/aromatic N) is 1. The largest absolute Gasteiger partial charge is 0.478 e. The lowest BCUT2D eigenvalue weighted by Gasteiger charge is -2.00. The smallest absolute Gasteiger partial charge is 0.337 e. The van der Waals surface area contributed by atoms with Crippen LogP contribution in [0, 0.1) is 0 Å². The van der Waals surface area contributed by atoms with E-state index >= 15 is 0 Å². The number of carboxylic acid groups (broad SMARTS) is 1. The number of rotatable bonds is 1. The molecule has 0 amide bonds. The molecule has 0 aliphatic heterocycles. The topological polar surface area (TPSA) is 66.0 Å². The second-order valence-corrected chi connectivity index (χ2v) is 5.22. The number of hydrogen-bond acceptors (Lipinski definition) is 3. The molecule has 5 heteroatoms. The van der Waals surface area contributed by atoms with Gasteiger partial charge in [0.25, 0.3) is 0 Å². The Morgan fingerprint density at radius 3 is 2.89 bits per heavy atom. The fraction of sp³-hybridized carbons (Fsp3) is 0. The molecule has 0 saturated heterocycles. The standard InChI is InChI=1S/C14H8N2O2S/c17-14(18)11-8-5-6-19-13(8)16-12-10(11)7-3-1-2-4-9(7)15-12/h1-6H,(H,15,16)(H,17,18). The molecule has 0 atom stereocenters. The fourth-order valence-electron chi connectivity index (χ4n) is 2.50. The third-order valence-corrected chi connectivity index (χ3v) is 4.08. The van der Waals surface area contributed by atoms with Crippen LogP contribution in [0.1, 0.15) is 10.4 Å². The van der Waals surface area contributed by atoms with Crippen LogP contribution in [0.4, 0.5) is 0 Å². The molecule has 3 heterocycles. The van der Waals surface area contributed by atoms with E-state index in [9.17, 15) is 9.90 Å². The number of benzene rings is 1. The normalized spacial score (nSPS) is 11.6. The van der Waals surface area contributed by atoms with Crippen LogP contribution >= 0.6 is 11.3 Å². The summed E-state index contributed by atoms with van der Waals surface area (Å²) in [6, 6.07) is 9.48. The lowest BCUT2D eigenvalue weighted by Crippen LogP contribution is -1.98. The van der Waals surface area contributed by atoms with E-state index in [1.165, 1.54) is 11.3 Å². The van der Waals surface area contributed by atoms with Gasteiger partial charge in [-0.05, 0) is 17.5 Å². The molecule has 0 bridgehead atoms. The summed E-state index contributed by atoms with van der Waals surface area (Å²) < 4.78 is 0. The van der Waals surface area contributed by atoms with E-state index in [1.807, 2.05) is 35.7 Å². The van der Waals surface area contributed by atoms with Gasteiger partial charge in [-0.15, -0.1) is 11.3 Å². The third kappa shape index (κ3) is 1.33. The second-order valence-electron chi connectivity index (χ2n) is 4.33. The van der Waals surface area contributed by atoms with Crippen molar-refractivity contribution in [3.05, 3.63) is 41.3 Å². The molecule has 0 fully saturated rings. The quantitative estimate of drug-likeness (QED) is 0.554. The van der Waals surface area contributed by atoms with Crippen molar-refractivity contribution < 1.29 is 9.90 Å². The van der Waals surface area contributed by atoms with Gasteiger partial charge in [0, 0.05) is 21.7 Å². The van der Waals surface area contributed by atoms with Crippen molar-refractivity contribution in [3.63, 3.8) is 0 Å². The van der Waals surface area contributed by atoms with Crippen molar-refractivity contribution in [2.24, 2.45) is 0 Å². The zero-order chi connectivity index (χ0) is 13.0. The third-order valence-electron chi connectivity index (χ3n) is 3.28. The molecule has 2 N–H and O–H groups in total. The number of aromatic nitrogens is 2. The van der Waals surface area contributed by atoms with Crippen LogP contribution in [-0.4, -0.2) is 21.0 Å². The summed E-state index contributed by atoms with van der Waals surface area (Å²) in [7, 11) is 0. The maximum atomic E-state index is 11.6. The lowest BCUT2D eigenvalue weighted by molar-refractivity contribution is 0.0701. The first-order valence-corrected chi connectivity index (χ1v) is 6.64. The minimum absolute atomic E-state index is 0.332. The van der Waals surface area contributed by atoms with Gasteiger partial charge in [0.2, 0.25) is 0 Å². The van der Waals surface area contributed by atoms with E-state index in [0.29, 0.717) is 22.0 Å². The molecule has 0 aliphatic carbocycles. The van der Waals surface area contributed by atoms with Crippen molar-refractivity contribution >= 4 is 49.5 Å². The molecule has 0 saturated carbocycles. The van der Waals surface area contributed by atoms with E-state index in [4.69, 9.17) is 0 Å². The lowest BCUT2D eigenvalue weighted by atomic mass is 10.1. The molecule has 0 spiro atoms. The highest BCUT2D eigenvalue weighted by atomic mass is 32.1. The van der Waals surface area contributed by atoms with Gasteiger partial charge in [-0.25, -0.2) is 9.78 Å². The molecular formula is C14H8N2O2S. The van der Waals surface area contributed by atoms with Gasteiger partial charge in [-0.1, -0.05) is 18.2 Å². The zero-order valence-corrected chi connectivity index (χ0v) is 10.5. The molecule has 4 aromatic rings. The van der Waals surface area contributed by atoms with Gasteiger partial charge in [0.15, 0.2) is 0 Å². The van der Waals surface area contributed by atoms with E-state index in [2.05, 4.69) is 9.97 Å². The van der Waals surface area contributed by atoms with Crippen molar-refractivity contribution in [2.45, 2.75) is 0 Å². The number of carboxylic acids is 1. The van der Waals surface area contributed by atoms with Crippen LogP contribution in [0.25, 0.3) is 32.2 Å². The summed E-state index contributed by atoms with van der Waals surface area (Å²) in [6.07, 6.45) is 0. The predicted octanol–water partition coefficient (Wildman–Crippen LogP) is 3.63. The van der Waals surface area contributed by atoms with Crippen LogP contribution in [0.15, 0.2) is 35.7 Å². The Labute approximate surface area is 111 Å². The first-order valence-electron chi connectivity index (χ1n) is 5.76. The Morgan fingerprint density at radius 1 is 1.21 bits per heavy atom. The number of nitrogens with one attached hydrogen (secondary N) is 1. The average molecular weight is 268 g/mol. The summed E-state index contributed by atoms with van der Waals surface area (Å²) in [5.74, 6) is -0.916. The first-order chi connectivity index (χ1) is 9.25. The van der Waals surface area contributed by atoms with Gasteiger partial charge in [0.1, 0.15) is 10.5 Å². The van der Waals surface area contributed by atoms with Gasteiger partial charge < -0.3 is 10.1 Å². The van der Waals surface area contributed by atoms with Gasteiger partial charge in [0.05, 0.1) is 5.56 Å². The highest BCUT2D eigenvalue weighted by Crippen LogP contribution is 2.33. The molecular weight excluding hydrogens is 260 g/mol. The van der Waals surface area contributed by atoms with Crippen LogP contribution in [0.2, 0.25) is 0 Å². The van der Waals surface area contributed by atoms with Gasteiger partial charge >= 0.3 is 5.97 Å². The Hall–Kier alpha value is -2.40. The maximum Gasteiger partial charge on any atom is 0.337 e. The van der Waals surface area contributed by atoms with E-state index in [1.54, 1.807) is 0 Å². The highest BCUT2D eigenvalue weighted by Gasteiger charge is 2.19. The van der Waals surface area contributed by atoms with E-state index < -0.39 is 5.97 Å². The molecule has 4 nitrogen and oxygen atoms in total. The zero-order valence-electron chi connectivity index (χ0n) is 9.68. The Bertz CT molecular complexity index is 952. The Morgan fingerprint density at radius 2 is 2.05 bits per heavy atom. The molecule has 0 aliphatic rings. The van der Waals surface area contributed by atoms with Crippen molar-refractivity contribution in [3.8, 4) is 0 Å². The van der Waals surface area contributed by atoms with E-state index in [0.717, 1.165) is 15.7 Å². The molecule has 3 aromatic heterocycles. The maximum absolute atomic E-state index is 11.6. The van der Waals surface area contributed by atoms with Crippen LogP contribution in [0.3, 0.4) is 0 Å². The number of aromatic amines is 1. The number of pyridine rings is 1. The average Bonchev–Trinajstić information content (AvgIpc) is 2.98. The van der Waals surface area contributed by atoms with Gasteiger partial charge in [-0.3, -0.25) is 0 Å².